The normalized spacial score (nSPS) is 16.0. The molecule has 1 amide bonds. The van der Waals surface area contributed by atoms with E-state index in [1.807, 2.05) is 13.0 Å². The SMILES string of the molecule is CCC(NC(=O)c1ccc(C)c(S(=O)(=O)N2CCCC2)c1)c1ccc(C)c(C)c1. The van der Waals surface area contributed by atoms with E-state index in [1.165, 1.54) is 21.5 Å². The Hall–Kier alpha value is -2.18. The fraction of sp³-hybridized carbons (Fsp3) is 0.435. The quantitative estimate of drug-likeness (QED) is 0.767. The van der Waals surface area contributed by atoms with Gasteiger partial charge in [0, 0.05) is 18.7 Å². The lowest BCUT2D eigenvalue weighted by molar-refractivity contribution is 0.0935. The van der Waals surface area contributed by atoms with E-state index in [0.29, 0.717) is 24.2 Å². The molecule has 3 rings (SSSR count). The fourth-order valence-corrected chi connectivity index (χ4v) is 5.50. The van der Waals surface area contributed by atoms with Gasteiger partial charge in [0.2, 0.25) is 10.0 Å². The maximum absolute atomic E-state index is 13.0. The second-order valence-electron chi connectivity index (χ2n) is 7.87. The molecule has 1 N–H and O–H groups in total. The molecule has 1 atom stereocenters. The average Bonchev–Trinajstić information content (AvgIpc) is 3.24. The Labute approximate surface area is 174 Å². The molecule has 0 aliphatic carbocycles. The maximum Gasteiger partial charge on any atom is 0.251 e. The summed E-state index contributed by atoms with van der Waals surface area (Å²) in [6.07, 6.45) is 2.51. The van der Waals surface area contributed by atoms with E-state index in [-0.39, 0.29) is 16.8 Å². The Morgan fingerprint density at radius 1 is 1.00 bits per heavy atom. The van der Waals surface area contributed by atoms with Crippen molar-refractivity contribution in [1.29, 1.82) is 0 Å². The lowest BCUT2D eigenvalue weighted by Crippen LogP contribution is -2.30. The Morgan fingerprint density at radius 2 is 1.66 bits per heavy atom. The second kappa shape index (κ2) is 8.67. The van der Waals surface area contributed by atoms with E-state index in [1.54, 1.807) is 19.1 Å². The number of nitrogens with zero attached hydrogens (tertiary/aromatic N) is 1. The summed E-state index contributed by atoms with van der Waals surface area (Å²) < 4.78 is 27.5. The predicted molar refractivity (Wildman–Crippen MR) is 116 cm³/mol. The van der Waals surface area contributed by atoms with E-state index in [4.69, 9.17) is 0 Å². The summed E-state index contributed by atoms with van der Waals surface area (Å²) in [6.45, 7) is 9.01. The van der Waals surface area contributed by atoms with E-state index in [0.717, 1.165) is 24.8 Å². The van der Waals surface area contributed by atoms with Crippen LogP contribution in [0.1, 0.15) is 64.8 Å². The summed E-state index contributed by atoms with van der Waals surface area (Å²) in [5.74, 6) is -0.257. The van der Waals surface area contributed by atoms with Gasteiger partial charge in [-0.05, 0) is 74.4 Å². The molecule has 1 unspecified atom stereocenters. The van der Waals surface area contributed by atoms with Crippen molar-refractivity contribution >= 4 is 15.9 Å². The van der Waals surface area contributed by atoms with Gasteiger partial charge in [0.15, 0.2) is 0 Å². The number of hydrogen-bond donors (Lipinski definition) is 1. The molecule has 0 saturated carbocycles. The molecular weight excluding hydrogens is 384 g/mol. The highest BCUT2D eigenvalue weighted by atomic mass is 32.2. The van der Waals surface area contributed by atoms with Gasteiger partial charge in [0.05, 0.1) is 10.9 Å². The maximum atomic E-state index is 13.0. The average molecular weight is 415 g/mol. The first kappa shape index (κ1) is 21.5. The Kier molecular flexibility index (Phi) is 6.44. The zero-order valence-electron chi connectivity index (χ0n) is 17.7. The molecule has 0 bridgehead atoms. The van der Waals surface area contributed by atoms with Crippen LogP contribution in [0.25, 0.3) is 0 Å². The van der Waals surface area contributed by atoms with Gasteiger partial charge >= 0.3 is 0 Å². The molecular formula is C23H30N2O3S. The van der Waals surface area contributed by atoms with Crippen LogP contribution < -0.4 is 5.32 Å². The summed E-state index contributed by atoms with van der Waals surface area (Å²) in [7, 11) is -3.57. The molecule has 0 radical (unpaired) electrons. The first-order chi connectivity index (χ1) is 13.7. The third kappa shape index (κ3) is 4.54. The van der Waals surface area contributed by atoms with Crippen molar-refractivity contribution in [3.05, 3.63) is 64.2 Å². The van der Waals surface area contributed by atoms with Gasteiger partial charge < -0.3 is 5.32 Å². The molecule has 2 aromatic carbocycles. The van der Waals surface area contributed by atoms with Crippen molar-refractivity contribution in [3.8, 4) is 0 Å². The molecule has 0 spiro atoms. The van der Waals surface area contributed by atoms with E-state index < -0.39 is 10.0 Å². The first-order valence-corrected chi connectivity index (χ1v) is 11.7. The Bertz CT molecular complexity index is 1010. The van der Waals surface area contributed by atoms with Crippen molar-refractivity contribution in [3.63, 3.8) is 0 Å². The fourth-order valence-electron chi connectivity index (χ4n) is 3.73. The van der Waals surface area contributed by atoms with Crippen LogP contribution in [0.4, 0.5) is 0 Å². The highest BCUT2D eigenvalue weighted by molar-refractivity contribution is 7.89. The van der Waals surface area contributed by atoms with Gasteiger partial charge in [-0.3, -0.25) is 4.79 Å². The minimum atomic E-state index is -3.57. The van der Waals surface area contributed by atoms with Crippen LogP contribution in [-0.2, 0) is 10.0 Å². The number of carbonyl (C=O) groups is 1. The molecule has 5 nitrogen and oxygen atoms in total. The number of amides is 1. The highest BCUT2D eigenvalue weighted by Gasteiger charge is 2.29. The van der Waals surface area contributed by atoms with E-state index in [2.05, 4.69) is 31.3 Å². The van der Waals surface area contributed by atoms with E-state index >= 15 is 0 Å². The topological polar surface area (TPSA) is 66.5 Å². The van der Waals surface area contributed by atoms with Crippen LogP contribution in [-0.4, -0.2) is 31.7 Å². The van der Waals surface area contributed by atoms with Gasteiger partial charge in [-0.15, -0.1) is 0 Å². The van der Waals surface area contributed by atoms with Gasteiger partial charge in [-0.1, -0.05) is 31.2 Å². The summed E-state index contributed by atoms with van der Waals surface area (Å²) in [5.41, 5.74) is 4.49. The van der Waals surface area contributed by atoms with Gasteiger partial charge in [0.25, 0.3) is 5.91 Å². The minimum absolute atomic E-state index is 0.123. The summed E-state index contributed by atoms with van der Waals surface area (Å²) in [5, 5.41) is 3.07. The number of carbonyl (C=O) groups excluding carboxylic acids is 1. The van der Waals surface area contributed by atoms with Gasteiger partial charge in [0.1, 0.15) is 0 Å². The molecule has 29 heavy (non-hydrogen) atoms. The number of sulfonamides is 1. The first-order valence-electron chi connectivity index (χ1n) is 10.2. The molecule has 0 aromatic heterocycles. The Balaban J connectivity index is 1.86. The summed E-state index contributed by atoms with van der Waals surface area (Å²) in [4.78, 5) is 13.2. The van der Waals surface area contributed by atoms with Crippen molar-refractivity contribution in [1.82, 2.24) is 9.62 Å². The number of aryl methyl sites for hydroxylation is 3. The molecule has 1 heterocycles. The van der Waals surface area contributed by atoms with Crippen molar-refractivity contribution in [2.24, 2.45) is 0 Å². The number of hydrogen-bond acceptors (Lipinski definition) is 3. The molecule has 2 aromatic rings. The largest absolute Gasteiger partial charge is 0.345 e. The zero-order chi connectivity index (χ0) is 21.2. The van der Waals surface area contributed by atoms with Crippen molar-refractivity contribution in [2.75, 3.05) is 13.1 Å². The van der Waals surface area contributed by atoms with Crippen LogP contribution in [0, 0.1) is 20.8 Å². The number of rotatable bonds is 6. The lowest BCUT2D eigenvalue weighted by Gasteiger charge is -2.20. The minimum Gasteiger partial charge on any atom is -0.345 e. The van der Waals surface area contributed by atoms with E-state index in [9.17, 15) is 13.2 Å². The third-order valence-corrected chi connectivity index (χ3v) is 7.82. The zero-order valence-corrected chi connectivity index (χ0v) is 18.5. The summed E-state index contributed by atoms with van der Waals surface area (Å²) in [6, 6.07) is 11.0. The molecule has 1 saturated heterocycles. The highest BCUT2D eigenvalue weighted by Crippen LogP contribution is 2.25. The standard InChI is InChI=1S/C23H30N2O3S/c1-5-21(19-10-8-16(2)18(4)14-19)24-23(26)20-11-9-17(3)22(15-20)29(27,28)25-12-6-7-13-25/h8-11,14-15,21H,5-7,12-13H2,1-4H3,(H,24,26). The Morgan fingerprint density at radius 3 is 2.28 bits per heavy atom. The molecule has 1 aliphatic heterocycles. The number of benzene rings is 2. The molecule has 1 fully saturated rings. The van der Waals surface area contributed by atoms with Crippen LogP contribution in [0.3, 0.4) is 0 Å². The third-order valence-electron chi connectivity index (χ3n) is 5.78. The van der Waals surface area contributed by atoms with Crippen LogP contribution in [0.2, 0.25) is 0 Å². The number of nitrogens with one attached hydrogen (secondary N) is 1. The molecule has 1 aliphatic rings. The van der Waals surface area contributed by atoms with Gasteiger partial charge in [-0.25, -0.2) is 8.42 Å². The van der Waals surface area contributed by atoms with Crippen molar-refractivity contribution in [2.45, 2.75) is 57.9 Å². The second-order valence-corrected chi connectivity index (χ2v) is 9.78. The van der Waals surface area contributed by atoms with Crippen LogP contribution in [0.5, 0.6) is 0 Å². The van der Waals surface area contributed by atoms with Crippen LogP contribution >= 0.6 is 0 Å². The van der Waals surface area contributed by atoms with Crippen molar-refractivity contribution < 1.29 is 13.2 Å². The smallest absolute Gasteiger partial charge is 0.251 e. The van der Waals surface area contributed by atoms with Crippen LogP contribution in [0.15, 0.2) is 41.3 Å². The molecule has 156 valence electrons. The lowest BCUT2D eigenvalue weighted by atomic mass is 9.99. The summed E-state index contributed by atoms with van der Waals surface area (Å²) >= 11 is 0. The predicted octanol–water partition coefficient (Wildman–Crippen LogP) is 4.28. The van der Waals surface area contributed by atoms with Gasteiger partial charge in [-0.2, -0.15) is 4.31 Å². The monoisotopic (exact) mass is 414 g/mol. The molecule has 6 heteroatoms.